The normalized spacial score (nSPS) is 13.3. The first kappa shape index (κ1) is 11.1. The predicted octanol–water partition coefficient (Wildman–Crippen LogP) is 1.14. The van der Waals surface area contributed by atoms with Gasteiger partial charge in [0.15, 0.2) is 0 Å². The molecule has 0 aliphatic carbocycles. The van der Waals surface area contributed by atoms with Crippen LogP contribution in [0.3, 0.4) is 0 Å². The fraction of sp³-hybridized carbons (Fsp3) is 1.00. The molecular weight excluding hydrogens is 158 g/mol. The quantitative estimate of drug-likeness (QED) is 0.591. The molecule has 0 rings (SSSR count). The fourth-order valence-corrected chi connectivity index (χ4v) is 1.99. The van der Waals surface area contributed by atoms with Crippen molar-refractivity contribution >= 4 is 10.8 Å². The van der Waals surface area contributed by atoms with E-state index in [1.165, 1.54) is 12.8 Å². The van der Waals surface area contributed by atoms with Crippen LogP contribution < -0.4 is 5.32 Å². The van der Waals surface area contributed by atoms with Crippen LogP contribution in [-0.4, -0.2) is 29.3 Å². The minimum atomic E-state index is -0.584. The summed E-state index contributed by atoms with van der Waals surface area (Å²) in [6.45, 7) is 3.04. The van der Waals surface area contributed by atoms with E-state index in [1.807, 2.05) is 7.05 Å². The molecule has 0 heterocycles. The molecule has 0 aliphatic heterocycles. The number of unbranched alkanes of at least 4 members (excludes halogenated alkanes) is 2. The number of nitrogens with one attached hydrogen (secondary N) is 1. The van der Waals surface area contributed by atoms with Crippen LogP contribution >= 0.6 is 0 Å². The summed E-state index contributed by atoms with van der Waals surface area (Å²) >= 11 is 0. The summed E-state index contributed by atoms with van der Waals surface area (Å²) in [5, 5.41) is 3.00. The Morgan fingerprint density at radius 2 is 2.00 bits per heavy atom. The van der Waals surface area contributed by atoms with Gasteiger partial charge >= 0.3 is 0 Å². The first-order valence-electron chi connectivity index (χ1n) is 4.30. The maximum atomic E-state index is 11.1. The molecule has 0 fully saturated rings. The molecule has 3 heteroatoms. The smallest absolute Gasteiger partial charge is 0.0359 e. The van der Waals surface area contributed by atoms with Crippen molar-refractivity contribution < 1.29 is 4.21 Å². The van der Waals surface area contributed by atoms with Gasteiger partial charge in [-0.05, 0) is 13.5 Å². The van der Waals surface area contributed by atoms with E-state index in [0.717, 1.165) is 24.5 Å². The van der Waals surface area contributed by atoms with Crippen molar-refractivity contribution in [1.29, 1.82) is 0 Å². The lowest BCUT2D eigenvalue weighted by Gasteiger charge is -2.00. The average molecular weight is 177 g/mol. The molecule has 68 valence electrons. The summed E-state index contributed by atoms with van der Waals surface area (Å²) in [7, 11) is 1.31. The van der Waals surface area contributed by atoms with Crippen LogP contribution in [0.5, 0.6) is 0 Å². The number of rotatable bonds is 7. The zero-order valence-corrected chi connectivity index (χ0v) is 8.38. The first-order valence-corrected chi connectivity index (χ1v) is 5.79. The summed E-state index contributed by atoms with van der Waals surface area (Å²) in [5.74, 6) is 1.69. The molecule has 0 radical (unpaired) electrons. The zero-order chi connectivity index (χ0) is 8.53. The lowest BCUT2D eigenvalue weighted by atomic mass is 10.3. The third-order valence-corrected chi connectivity index (χ3v) is 2.96. The molecule has 1 N–H and O–H groups in total. The predicted molar refractivity (Wildman–Crippen MR) is 51.3 cm³/mol. The highest BCUT2D eigenvalue weighted by Crippen LogP contribution is 1.95. The maximum Gasteiger partial charge on any atom is 0.0359 e. The number of hydrogen-bond donors (Lipinski definition) is 1. The molecule has 0 bridgehead atoms. The molecule has 0 aromatic rings. The van der Waals surface area contributed by atoms with Crippen LogP contribution in [0.25, 0.3) is 0 Å². The molecule has 11 heavy (non-hydrogen) atoms. The Morgan fingerprint density at radius 1 is 1.27 bits per heavy atom. The van der Waals surface area contributed by atoms with Gasteiger partial charge in [-0.15, -0.1) is 0 Å². The van der Waals surface area contributed by atoms with Gasteiger partial charge in [-0.1, -0.05) is 19.8 Å². The summed E-state index contributed by atoms with van der Waals surface area (Å²) < 4.78 is 11.1. The van der Waals surface area contributed by atoms with Crippen molar-refractivity contribution in [2.75, 3.05) is 25.1 Å². The van der Waals surface area contributed by atoms with Gasteiger partial charge in [0.25, 0.3) is 0 Å². The summed E-state index contributed by atoms with van der Waals surface area (Å²) in [6.07, 6.45) is 3.54. The van der Waals surface area contributed by atoms with E-state index in [2.05, 4.69) is 12.2 Å². The molecule has 0 saturated carbocycles. The van der Waals surface area contributed by atoms with Gasteiger partial charge in [0.2, 0.25) is 0 Å². The Balaban J connectivity index is 3.09. The molecule has 1 unspecified atom stereocenters. The van der Waals surface area contributed by atoms with Crippen LogP contribution in [0.2, 0.25) is 0 Å². The van der Waals surface area contributed by atoms with Crippen LogP contribution in [0.15, 0.2) is 0 Å². The molecule has 0 spiro atoms. The molecule has 0 amide bonds. The van der Waals surface area contributed by atoms with E-state index in [0.29, 0.717) is 0 Å². The van der Waals surface area contributed by atoms with Crippen molar-refractivity contribution in [3.63, 3.8) is 0 Å². The zero-order valence-electron chi connectivity index (χ0n) is 7.56. The lowest BCUT2D eigenvalue weighted by molar-refractivity contribution is 0.673. The van der Waals surface area contributed by atoms with E-state index in [9.17, 15) is 4.21 Å². The van der Waals surface area contributed by atoms with Gasteiger partial charge in [-0.25, -0.2) is 0 Å². The van der Waals surface area contributed by atoms with Gasteiger partial charge in [-0.2, -0.15) is 0 Å². The Labute approximate surface area is 72.2 Å². The van der Waals surface area contributed by atoms with Gasteiger partial charge in [0.1, 0.15) is 0 Å². The summed E-state index contributed by atoms with van der Waals surface area (Å²) in [6, 6.07) is 0. The molecule has 1 atom stereocenters. The monoisotopic (exact) mass is 177 g/mol. The van der Waals surface area contributed by atoms with Crippen LogP contribution in [0.4, 0.5) is 0 Å². The Kier molecular flexibility index (Phi) is 8.29. The van der Waals surface area contributed by atoms with Gasteiger partial charge in [0, 0.05) is 28.9 Å². The van der Waals surface area contributed by atoms with Crippen molar-refractivity contribution in [2.45, 2.75) is 26.2 Å². The second-order valence-electron chi connectivity index (χ2n) is 2.66. The van der Waals surface area contributed by atoms with Crippen molar-refractivity contribution in [3.05, 3.63) is 0 Å². The summed E-state index contributed by atoms with van der Waals surface area (Å²) in [5.41, 5.74) is 0. The van der Waals surface area contributed by atoms with E-state index in [-0.39, 0.29) is 0 Å². The molecule has 0 aromatic heterocycles. The molecule has 0 aliphatic rings. The van der Waals surface area contributed by atoms with E-state index >= 15 is 0 Å². The van der Waals surface area contributed by atoms with Crippen molar-refractivity contribution in [1.82, 2.24) is 5.32 Å². The minimum absolute atomic E-state index is 0.584. The lowest BCUT2D eigenvalue weighted by Crippen LogP contribution is -2.16. The topological polar surface area (TPSA) is 29.1 Å². The summed E-state index contributed by atoms with van der Waals surface area (Å²) in [4.78, 5) is 0. The van der Waals surface area contributed by atoms with E-state index in [1.54, 1.807) is 0 Å². The van der Waals surface area contributed by atoms with Gasteiger partial charge in [-0.3, -0.25) is 4.21 Å². The Bertz CT molecular complexity index is 106. The molecule has 0 saturated heterocycles. The SMILES string of the molecule is CCCCCS(=O)CCNC. The second-order valence-corrected chi connectivity index (χ2v) is 4.35. The highest BCUT2D eigenvalue weighted by atomic mass is 32.2. The minimum Gasteiger partial charge on any atom is -0.319 e. The first-order chi connectivity index (χ1) is 5.31. The third-order valence-electron chi connectivity index (χ3n) is 1.56. The largest absolute Gasteiger partial charge is 0.319 e. The molecule has 2 nitrogen and oxygen atoms in total. The van der Waals surface area contributed by atoms with E-state index in [4.69, 9.17) is 0 Å². The highest BCUT2D eigenvalue weighted by molar-refractivity contribution is 7.84. The maximum absolute atomic E-state index is 11.1. The van der Waals surface area contributed by atoms with E-state index < -0.39 is 10.8 Å². The van der Waals surface area contributed by atoms with Crippen LogP contribution in [0.1, 0.15) is 26.2 Å². The third kappa shape index (κ3) is 8.01. The fourth-order valence-electron chi connectivity index (χ4n) is 0.831. The van der Waals surface area contributed by atoms with Crippen LogP contribution in [-0.2, 0) is 10.8 Å². The second kappa shape index (κ2) is 8.21. The van der Waals surface area contributed by atoms with Crippen molar-refractivity contribution in [2.24, 2.45) is 0 Å². The number of hydrogen-bond acceptors (Lipinski definition) is 2. The Hall–Kier alpha value is 0.110. The van der Waals surface area contributed by atoms with Gasteiger partial charge < -0.3 is 5.32 Å². The molecule has 0 aromatic carbocycles. The van der Waals surface area contributed by atoms with Crippen molar-refractivity contribution in [3.8, 4) is 0 Å². The van der Waals surface area contributed by atoms with Crippen LogP contribution in [0, 0.1) is 0 Å². The van der Waals surface area contributed by atoms with Gasteiger partial charge in [0.05, 0.1) is 0 Å². The standard InChI is InChI=1S/C8H19NOS/c1-3-4-5-7-11(10)8-6-9-2/h9H,3-8H2,1-2H3. The molecular formula is C8H19NOS. The average Bonchev–Trinajstić information content (AvgIpc) is 2.01. The Morgan fingerprint density at radius 3 is 2.55 bits per heavy atom. The highest BCUT2D eigenvalue weighted by Gasteiger charge is 1.96.